The molecule has 1 aromatic carbocycles. The second-order valence-corrected chi connectivity index (χ2v) is 11.4. The Morgan fingerprint density at radius 2 is 1.57 bits per heavy atom. The molecule has 0 aliphatic carbocycles. The first-order chi connectivity index (χ1) is 9.38. The molecular weight excluding hydrogens is 297 g/mol. The van der Waals surface area contributed by atoms with Gasteiger partial charge in [-0.25, -0.2) is 0 Å². The average Bonchev–Trinajstić information content (AvgIpc) is 2.33. The lowest BCUT2D eigenvalue weighted by Crippen LogP contribution is -2.42. The first kappa shape index (κ1) is 18.2. The van der Waals surface area contributed by atoms with Crippen LogP contribution in [0.1, 0.15) is 38.0 Å². The Balaban J connectivity index is 2.96. The van der Waals surface area contributed by atoms with E-state index in [-0.39, 0.29) is 11.6 Å². The van der Waals surface area contributed by atoms with Gasteiger partial charge in [-0.15, -0.1) is 0 Å². The van der Waals surface area contributed by atoms with Gasteiger partial charge in [-0.3, -0.25) is 0 Å². The maximum atomic E-state index is 12.6. The number of halogens is 3. The number of rotatable bonds is 4. The summed E-state index contributed by atoms with van der Waals surface area (Å²) in [6.45, 7) is 10.0. The number of aliphatic hydroxyl groups excluding tert-OH is 1. The molecule has 0 aromatic heterocycles. The molecule has 21 heavy (non-hydrogen) atoms. The quantitative estimate of drug-likeness (QED) is 0.810. The summed E-state index contributed by atoms with van der Waals surface area (Å²) in [5, 5.41) is 9.48. The van der Waals surface area contributed by atoms with Crippen molar-refractivity contribution in [2.75, 3.05) is 6.61 Å². The maximum Gasteiger partial charge on any atom is 0.416 e. The molecule has 0 heterocycles. The number of benzene rings is 1. The first-order valence-electron chi connectivity index (χ1n) is 6.84. The lowest BCUT2D eigenvalue weighted by atomic mass is 10.1. The smallest absolute Gasteiger partial charge is 0.408 e. The molecule has 1 N–H and O–H groups in total. The third kappa shape index (κ3) is 4.56. The van der Waals surface area contributed by atoms with E-state index in [4.69, 9.17) is 4.43 Å². The predicted molar refractivity (Wildman–Crippen MR) is 79.6 cm³/mol. The van der Waals surface area contributed by atoms with Crippen molar-refractivity contribution in [1.82, 2.24) is 0 Å². The van der Waals surface area contributed by atoms with Crippen molar-refractivity contribution in [3.05, 3.63) is 35.4 Å². The van der Waals surface area contributed by atoms with Gasteiger partial charge in [-0.05, 0) is 35.8 Å². The number of alkyl halides is 3. The van der Waals surface area contributed by atoms with Crippen LogP contribution in [0.15, 0.2) is 24.3 Å². The topological polar surface area (TPSA) is 29.5 Å². The molecule has 0 radical (unpaired) electrons. The van der Waals surface area contributed by atoms with Gasteiger partial charge in [0.05, 0.1) is 18.3 Å². The molecule has 0 spiro atoms. The van der Waals surface area contributed by atoms with Crippen molar-refractivity contribution in [3.8, 4) is 0 Å². The van der Waals surface area contributed by atoms with E-state index < -0.39 is 26.2 Å². The van der Waals surface area contributed by atoms with Gasteiger partial charge in [0.1, 0.15) is 0 Å². The van der Waals surface area contributed by atoms with Gasteiger partial charge >= 0.3 is 6.18 Å². The van der Waals surface area contributed by atoms with E-state index in [1.165, 1.54) is 12.1 Å². The van der Waals surface area contributed by atoms with Gasteiger partial charge in [0.2, 0.25) is 0 Å². The molecule has 0 aliphatic heterocycles. The number of hydrogen-bond acceptors (Lipinski definition) is 2. The molecule has 0 bridgehead atoms. The second-order valence-electron chi connectivity index (χ2n) is 6.67. The number of aliphatic hydroxyl groups is 1. The Morgan fingerprint density at radius 1 is 1.10 bits per heavy atom. The van der Waals surface area contributed by atoms with Gasteiger partial charge in [0.15, 0.2) is 8.32 Å². The molecule has 1 rings (SSSR count). The van der Waals surface area contributed by atoms with Crippen LogP contribution in [0.5, 0.6) is 0 Å². The average molecular weight is 320 g/mol. The third-order valence-corrected chi connectivity index (χ3v) is 8.50. The maximum absolute atomic E-state index is 12.6. The third-order valence-electron chi connectivity index (χ3n) is 4.02. The Labute approximate surface area is 125 Å². The highest BCUT2D eigenvalue weighted by atomic mass is 28.4. The summed E-state index contributed by atoms with van der Waals surface area (Å²) in [7, 11) is -2.10. The second kappa shape index (κ2) is 6.10. The van der Waals surface area contributed by atoms with E-state index in [0.29, 0.717) is 5.56 Å². The van der Waals surface area contributed by atoms with E-state index in [1.807, 2.05) is 13.1 Å². The summed E-state index contributed by atoms with van der Waals surface area (Å²) in [5.41, 5.74) is -0.134. The molecule has 1 atom stereocenters. The summed E-state index contributed by atoms with van der Waals surface area (Å²) < 4.78 is 43.7. The fourth-order valence-electron chi connectivity index (χ4n) is 1.63. The molecular formula is C15H23F3O2Si. The van der Waals surface area contributed by atoms with Crippen LogP contribution in [-0.4, -0.2) is 20.0 Å². The summed E-state index contributed by atoms with van der Waals surface area (Å²) in [5.74, 6) is 0. The van der Waals surface area contributed by atoms with Crippen LogP contribution in [0.2, 0.25) is 18.1 Å². The highest BCUT2D eigenvalue weighted by Gasteiger charge is 2.39. The normalized spacial score (nSPS) is 15.1. The zero-order valence-corrected chi connectivity index (χ0v) is 14.1. The van der Waals surface area contributed by atoms with Gasteiger partial charge < -0.3 is 9.53 Å². The molecule has 0 saturated heterocycles. The largest absolute Gasteiger partial charge is 0.416 e. The molecule has 0 amide bonds. The van der Waals surface area contributed by atoms with E-state index in [0.717, 1.165) is 12.1 Å². The summed E-state index contributed by atoms with van der Waals surface area (Å²) >= 11 is 0. The molecule has 1 unspecified atom stereocenters. The first-order valence-corrected chi connectivity index (χ1v) is 9.75. The molecule has 1 aromatic rings. The van der Waals surface area contributed by atoms with Gasteiger partial charge in [-0.1, -0.05) is 32.9 Å². The summed E-state index contributed by atoms with van der Waals surface area (Å²) in [6.07, 6.45) is -4.94. The number of hydrogen-bond donors (Lipinski definition) is 1. The SMILES string of the molecule is CC(C)(C)[Si](C)(C)OC(CO)c1ccc(C(F)(F)F)cc1. The van der Waals surface area contributed by atoms with Crippen molar-refractivity contribution < 1.29 is 22.7 Å². The highest BCUT2D eigenvalue weighted by Crippen LogP contribution is 2.40. The Morgan fingerprint density at radius 3 is 1.90 bits per heavy atom. The van der Waals surface area contributed by atoms with Crippen LogP contribution in [-0.2, 0) is 10.6 Å². The minimum absolute atomic E-state index is 0.0354. The van der Waals surface area contributed by atoms with Gasteiger partial charge in [0, 0.05) is 0 Å². The van der Waals surface area contributed by atoms with Gasteiger partial charge in [-0.2, -0.15) is 13.2 Å². The fourth-order valence-corrected chi connectivity index (χ4v) is 2.91. The molecule has 0 saturated carbocycles. The van der Waals surface area contributed by atoms with Crippen LogP contribution in [0, 0.1) is 0 Å². The summed E-state index contributed by atoms with van der Waals surface area (Å²) in [4.78, 5) is 0. The minimum Gasteiger partial charge on any atom is -0.408 e. The highest BCUT2D eigenvalue weighted by molar-refractivity contribution is 6.74. The fraction of sp³-hybridized carbons (Fsp3) is 0.600. The van der Waals surface area contributed by atoms with Crippen LogP contribution < -0.4 is 0 Å². The molecule has 120 valence electrons. The van der Waals surface area contributed by atoms with E-state index in [2.05, 4.69) is 20.8 Å². The monoisotopic (exact) mass is 320 g/mol. The lowest BCUT2D eigenvalue weighted by molar-refractivity contribution is -0.137. The van der Waals surface area contributed by atoms with E-state index in [9.17, 15) is 18.3 Å². The van der Waals surface area contributed by atoms with Crippen molar-refractivity contribution >= 4 is 8.32 Å². The van der Waals surface area contributed by atoms with E-state index >= 15 is 0 Å². The standard InChI is InChI=1S/C15H23F3O2Si/c1-14(2,3)21(4,5)20-13(10-19)11-6-8-12(9-7-11)15(16,17)18/h6-9,13,19H,10H2,1-5H3. The van der Waals surface area contributed by atoms with Crippen LogP contribution in [0.25, 0.3) is 0 Å². The van der Waals surface area contributed by atoms with Crippen molar-refractivity contribution in [2.24, 2.45) is 0 Å². The Bertz CT molecular complexity index is 461. The van der Waals surface area contributed by atoms with Crippen molar-refractivity contribution in [2.45, 2.75) is 51.2 Å². The molecule has 0 aliphatic rings. The molecule has 6 heteroatoms. The van der Waals surface area contributed by atoms with Crippen molar-refractivity contribution in [3.63, 3.8) is 0 Å². The van der Waals surface area contributed by atoms with Crippen LogP contribution in [0.3, 0.4) is 0 Å². The molecule has 2 nitrogen and oxygen atoms in total. The Kier molecular flexibility index (Phi) is 5.29. The zero-order valence-electron chi connectivity index (χ0n) is 13.1. The Hall–Kier alpha value is -0.853. The van der Waals surface area contributed by atoms with Gasteiger partial charge in [0.25, 0.3) is 0 Å². The van der Waals surface area contributed by atoms with E-state index in [1.54, 1.807) is 0 Å². The van der Waals surface area contributed by atoms with Crippen LogP contribution >= 0.6 is 0 Å². The zero-order chi connectivity index (χ0) is 16.5. The minimum atomic E-state index is -4.35. The predicted octanol–water partition coefficient (Wildman–Crippen LogP) is 4.76. The molecule has 0 fully saturated rings. The summed E-state index contributed by atoms with van der Waals surface area (Å²) in [6, 6.07) is 4.79. The lowest BCUT2D eigenvalue weighted by Gasteiger charge is -2.39. The van der Waals surface area contributed by atoms with Crippen LogP contribution in [0.4, 0.5) is 13.2 Å². The van der Waals surface area contributed by atoms with Crippen molar-refractivity contribution in [1.29, 1.82) is 0 Å².